The number of esters is 1. The van der Waals surface area contributed by atoms with Crippen molar-refractivity contribution in [3.8, 4) is 5.75 Å². The van der Waals surface area contributed by atoms with Gasteiger partial charge in [0.2, 0.25) is 5.91 Å². The molecule has 0 atom stereocenters. The van der Waals surface area contributed by atoms with Crippen LogP contribution >= 0.6 is 11.8 Å². The van der Waals surface area contributed by atoms with Crippen molar-refractivity contribution in [3.63, 3.8) is 0 Å². The minimum absolute atomic E-state index is 0.138. The molecule has 0 saturated carbocycles. The number of benzene rings is 2. The molecule has 0 bridgehead atoms. The lowest BCUT2D eigenvalue weighted by Gasteiger charge is -2.10. The number of ether oxygens (including phenoxy) is 2. The number of carbonyl (C=O) groups is 2. The SMILES string of the molecule is COC(=O)c1ccc(C)c(NC(=O)CSc2ccc(OC)cc2)c1. The molecule has 0 aliphatic heterocycles. The monoisotopic (exact) mass is 345 g/mol. The summed E-state index contributed by atoms with van der Waals surface area (Å²) < 4.78 is 9.79. The summed E-state index contributed by atoms with van der Waals surface area (Å²) in [7, 11) is 2.94. The van der Waals surface area contributed by atoms with Crippen molar-refractivity contribution in [3.05, 3.63) is 53.6 Å². The first-order chi connectivity index (χ1) is 11.5. The number of amides is 1. The zero-order chi connectivity index (χ0) is 17.5. The first kappa shape index (κ1) is 17.9. The van der Waals surface area contributed by atoms with Gasteiger partial charge in [0.05, 0.1) is 25.5 Å². The Balaban J connectivity index is 1.97. The summed E-state index contributed by atoms with van der Waals surface area (Å²) >= 11 is 1.43. The van der Waals surface area contributed by atoms with Gasteiger partial charge < -0.3 is 14.8 Å². The molecule has 0 aromatic heterocycles. The molecule has 0 aliphatic carbocycles. The van der Waals surface area contributed by atoms with E-state index in [-0.39, 0.29) is 11.7 Å². The first-order valence-corrected chi connectivity index (χ1v) is 8.27. The van der Waals surface area contributed by atoms with E-state index in [1.165, 1.54) is 18.9 Å². The number of methoxy groups -OCH3 is 2. The third kappa shape index (κ3) is 4.76. The summed E-state index contributed by atoms with van der Waals surface area (Å²) in [5, 5.41) is 2.83. The molecule has 2 aromatic carbocycles. The van der Waals surface area contributed by atoms with E-state index in [1.54, 1.807) is 25.3 Å². The second-order valence-corrected chi connectivity index (χ2v) is 6.08. The Hall–Kier alpha value is -2.47. The summed E-state index contributed by atoms with van der Waals surface area (Å²) in [5.41, 5.74) is 1.89. The van der Waals surface area contributed by atoms with Crippen LogP contribution in [-0.2, 0) is 9.53 Å². The Bertz CT molecular complexity index is 728. The first-order valence-electron chi connectivity index (χ1n) is 7.29. The van der Waals surface area contributed by atoms with Gasteiger partial charge in [0, 0.05) is 10.6 Å². The standard InChI is InChI=1S/C18H19NO4S/c1-12-4-5-13(18(21)23-3)10-16(12)19-17(20)11-24-15-8-6-14(22-2)7-9-15/h4-10H,11H2,1-3H3,(H,19,20). The van der Waals surface area contributed by atoms with Gasteiger partial charge in [-0.25, -0.2) is 4.79 Å². The van der Waals surface area contributed by atoms with Crippen molar-refractivity contribution in [2.24, 2.45) is 0 Å². The highest BCUT2D eigenvalue weighted by molar-refractivity contribution is 8.00. The highest BCUT2D eigenvalue weighted by Crippen LogP contribution is 2.22. The minimum atomic E-state index is -0.432. The van der Waals surface area contributed by atoms with Gasteiger partial charge in [-0.05, 0) is 48.9 Å². The molecule has 126 valence electrons. The third-order valence-corrected chi connectivity index (χ3v) is 4.37. The molecule has 6 heteroatoms. The lowest BCUT2D eigenvalue weighted by Crippen LogP contribution is -2.15. The van der Waals surface area contributed by atoms with E-state index in [9.17, 15) is 9.59 Å². The van der Waals surface area contributed by atoms with Gasteiger partial charge in [-0.15, -0.1) is 11.8 Å². The van der Waals surface area contributed by atoms with Crippen molar-refractivity contribution in [2.75, 3.05) is 25.3 Å². The van der Waals surface area contributed by atoms with E-state index in [2.05, 4.69) is 5.32 Å². The maximum atomic E-state index is 12.1. The predicted molar refractivity (Wildman–Crippen MR) is 94.9 cm³/mol. The van der Waals surface area contributed by atoms with Gasteiger partial charge in [-0.1, -0.05) is 6.07 Å². The van der Waals surface area contributed by atoms with Crippen LogP contribution in [0.15, 0.2) is 47.4 Å². The second kappa shape index (κ2) is 8.40. The normalized spacial score (nSPS) is 10.1. The van der Waals surface area contributed by atoms with Crippen molar-refractivity contribution in [1.82, 2.24) is 0 Å². The fourth-order valence-corrected chi connectivity index (χ4v) is 2.71. The number of anilines is 1. The average Bonchev–Trinajstić information content (AvgIpc) is 2.61. The molecule has 2 rings (SSSR count). The van der Waals surface area contributed by atoms with Crippen LogP contribution in [0, 0.1) is 6.92 Å². The van der Waals surface area contributed by atoms with Gasteiger partial charge in [0.25, 0.3) is 0 Å². The number of nitrogens with one attached hydrogen (secondary N) is 1. The van der Waals surface area contributed by atoms with Gasteiger partial charge in [-0.3, -0.25) is 4.79 Å². The van der Waals surface area contributed by atoms with E-state index in [4.69, 9.17) is 9.47 Å². The van der Waals surface area contributed by atoms with Gasteiger partial charge >= 0.3 is 5.97 Å². The highest BCUT2D eigenvalue weighted by atomic mass is 32.2. The lowest BCUT2D eigenvalue weighted by atomic mass is 10.1. The van der Waals surface area contributed by atoms with Crippen LogP contribution in [0.25, 0.3) is 0 Å². The van der Waals surface area contributed by atoms with Crippen molar-refractivity contribution >= 4 is 29.3 Å². The summed E-state index contributed by atoms with van der Waals surface area (Å²) in [4.78, 5) is 24.7. The van der Waals surface area contributed by atoms with Gasteiger partial charge in [-0.2, -0.15) is 0 Å². The maximum absolute atomic E-state index is 12.1. The summed E-state index contributed by atoms with van der Waals surface area (Å²) in [6, 6.07) is 12.6. The maximum Gasteiger partial charge on any atom is 0.337 e. The molecule has 0 unspecified atom stereocenters. The van der Waals surface area contributed by atoms with Gasteiger partial charge in [0.15, 0.2) is 0 Å². The van der Waals surface area contributed by atoms with Crippen LogP contribution in [-0.4, -0.2) is 31.8 Å². The van der Waals surface area contributed by atoms with E-state index in [1.807, 2.05) is 31.2 Å². The Morgan fingerprint density at radius 3 is 2.42 bits per heavy atom. The van der Waals surface area contributed by atoms with Crippen LogP contribution in [0.3, 0.4) is 0 Å². The predicted octanol–water partition coefficient (Wildman–Crippen LogP) is 3.52. The molecule has 0 spiro atoms. The number of rotatable bonds is 6. The van der Waals surface area contributed by atoms with Crippen LogP contribution in [0.5, 0.6) is 5.75 Å². The fourth-order valence-electron chi connectivity index (χ4n) is 2.01. The van der Waals surface area contributed by atoms with E-state index in [0.29, 0.717) is 11.3 Å². The molecule has 2 aromatic rings. The molecule has 0 heterocycles. The van der Waals surface area contributed by atoms with Crippen LogP contribution < -0.4 is 10.1 Å². The van der Waals surface area contributed by atoms with Crippen LogP contribution in [0.2, 0.25) is 0 Å². The zero-order valence-corrected chi connectivity index (χ0v) is 14.6. The summed E-state index contributed by atoms with van der Waals surface area (Å²) in [6.07, 6.45) is 0. The number of aryl methyl sites for hydroxylation is 1. The van der Waals surface area contributed by atoms with E-state index < -0.39 is 5.97 Å². The Morgan fingerprint density at radius 1 is 1.08 bits per heavy atom. The third-order valence-electron chi connectivity index (χ3n) is 3.36. The molecule has 24 heavy (non-hydrogen) atoms. The highest BCUT2D eigenvalue weighted by Gasteiger charge is 2.10. The number of thioether (sulfide) groups is 1. The Kier molecular flexibility index (Phi) is 6.26. The number of carbonyl (C=O) groups excluding carboxylic acids is 2. The molecule has 1 amide bonds. The smallest absolute Gasteiger partial charge is 0.337 e. The Morgan fingerprint density at radius 2 is 1.79 bits per heavy atom. The van der Waals surface area contributed by atoms with E-state index >= 15 is 0 Å². The number of hydrogen-bond acceptors (Lipinski definition) is 5. The molecule has 0 saturated heterocycles. The molecule has 1 N–H and O–H groups in total. The van der Waals surface area contributed by atoms with Crippen LogP contribution in [0.1, 0.15) is 15.9 Å². The largest absolute Gasteiger partial charge is 0.497 e. The fraction of sp³-hybridized carbons (Fsp3) is 0.222. The van der Waals surface area contributed by atoms with Crippen molar-refractivity contribution in [1.29, 1.82) is 0 Å². The quantitative estimate of drug-likeness (QED) is 0.641. The molecule has 0 fully saturated rings. The topological polar surface area (TPSA) is 64.6 Å². The molecular weight excluding hydrogens is 326 g/mol. The molecular formula is C18H19NO4S. The van der Waals surface area contributed by atoms with Gasteiger partial charge in [0.1, 0.15) is 5.75 Å². The average molecular weight is 345 g/mol. The molecule has 0 aliphatic rings. The molecule has 0 radical (unpaired) electrons. The Labute approximate surface area is 145 Å². The zero-order valence-electron chi connectivity index (χ0n) is 13.8. The van der Waals surface area contributed by atoms with E-state index in [0.717, 1.165) is 16.2 Å². The summed E-state index contributed by atoms with van der Waals surface area (Å²) in [5.74, 6) is 0.479. The van der Waals surface area contributed by atoms with Crippen molar-refractivity contribution in [2.45, 2.75) is 11.8 Å². The minimum Gasteiger partial charge on any atom is -0.497 e. The lowest BCUT2D eigenvalue weighted by molar-refractivity contribution is -0.113. The van der Waals surface area contributed by atoms with Crippen molar-refractivity contribution < 1.29 is 19.1 Å². The van der Waals surface area contributed by atoms with Crippen LogP contribution in [0.4, 0.5) is 5.69 Å². The second-order valence-electron chi connectivity index (χ2n) is 5.03. The molecule has 5 nitrogen and oxygen atoms in total. The summed E-state index contributed by atoms with van der Waals surface area (Å²) in [6.45, 7) is 1.87. The number of hydrogen-bond donors (Lipinski definition) is 1.